The highest BCUT2D eigenvalue weighted by Gasteiger charge is 2.57. The van der Waals surface area contributed by atoms with E-state index in [0.29, 0.717) is 31.8 Å². The number of aliphatic hydroxyl groups excluding tert-OH is 1. The molecule has 0 aromatic rings. The fourth-order valence-electron chi connectivity index (χ4n) is 5.24. The molecule has 0 aromatic heterocycles. The van der Waals surface area contributed by atoms with Crippen LogP contribution in [0.5, 0.6) is 0 Å². The Bertz CT molecular complexity index is 1230. The molecule has 2 aliphatic rings. The lowest BCUT2D eigenvalue weighted by Gasteiger charge is -2.48. The molecule has 0 unspecified atom stereocenters. The van der Waals surface area contributed by atoms with Crippen molar-refractivity contribution in [3.63, 3.8) is 0 Å². The molecule has 2 heterocycles. The van der Waals surface area contributed by atoms with Crippen molar-refractivity contribution in [1.82, 2.24) is 0 Å². The van der Waals surface area contributed by atoms with Crippen molar-refractivity contribution >= 4 is 53.5 Å². The van der Waals surface area contributed by atoms with Gasteiger partial charge in [-0.2, -0.15) is 0 Å². The lowest BCUT2D eigenvalue weighted by Crippen LogP contribution is -2.66. The van der Waals surface area contributed by atoms with E-state index < -0.39 is 116 Å². The van der Waals surface area contributed by atoms with Crippen LogP contribution in [0.4, 0.5) is 0 Å². The zero-order valence-corrected chi connectivity index (χ0v) is 31.0. The minimum absolute atomic E-state index is 0.0171. The van der Waals surface area contributed by atoms with Crippen LogP contribution in [-0.4, -0.2) is 146 Å². The van der Waals surface area contributed by atoms with Gasteiger partial charge in [0.2, 0.25) is 0 Å². The molecule has 0 bridgehead atoms. The first-order chi connectivity index (χ1) is 24.5. The highest BCUT2D eigenvalue weighted by molar-refractivity contribution is 7.99. The maximum Gasteiger partial charge on any atom is 0.303 e. The number of hydrogen-bond donors (Lipinski definition) is 1. The number of carbonyl (C=O) groups excluding carboxylic acids is 7. The Balaban J connectivity index is 2.62. The Labute approximate surface area is 304 Å². The maximum absolute atomic E-state index is 12.5. The van der Waals surface area contributed by atoms with E-state index in [1.807, 2.05) is 0 Å². The number of esters is 7. The van der Waals surface area contributed by atoms with Crippen LogP contribution in [0.15, 0.2) is 0 Å². The van der Waals surface area contributed by atoms with Crippen LogP contribution in [0, 0.1) is 0 Å². The van der Waals surface area contributed by atoms with Crippen LogP contribution in [0.3, 0.4) is 0 Å². The van der Waals surface area contributed by atoms with E-state index in [1.165, 1.54) is 11.8 Å². The molecule has 52 heavy (non-hydrogen) atoms. The maximum atomic E-state index is 12.5. The molecule has 20 heteroatoms. The molecule has 296 valence electrons. The third-order valence-corrected chi connectivity index (χ3v) is 8.28. The second-order valence-electron chi connectivity index (χ2n) is 11.6. The summed E-state index contributed by atoms with van der Waals surface area (Å²) >= 11 is 1.19. The highest BCUT2D eigenvalue weighted by atomic mass is 32.2. The summed E-state index contributed by atoms with van der Waals surface area (Å²) < 4.78 is 62.2. The van der Waals surface area contributed by atoms with E-state index >= 15 is 0 Å². The number of aliphatic hydroxyl groups is 1. The zero-order chi connectivity index (χ0) is 39.0. The molecule has 0 aromatic carbocycles. The van der Waals surface area contributed by atoms with Crippen molar-refractivity contribution in [2.24, 2.45) is 0 Å². The lowest BCUT2D eigenvalue weighted by molar-refractivity contribution is -0.341. The van der Waals surface area contributed by atoms with Gasteiger partial charge in [0.25, 0.3) is 0 Å². The van der Waals surface area contributed by atoms with Crippen molar-refractivity contribution in [2.45, 2.75) is 122 Å². The van der Waals surface area contributed by atoms with Crippen molar-refractivity contribution in [3.8, 4) is 0 Å². The number of carbonyl (C=O) groups is 7. The van der Waals surface area contributed by atoms with Gasteiger partial charge in [-0.15, -0.1) is 11.8 Å². The average Bonchev–Trinajstić information content (AvgIpc) is 3.02. The van der Waals surface area contributed by atoms with Gasteiger partial charge in [-0.25, -0.2) is 0 Å². The lowest BCUT2D eigenvalue weighted by atomic mass is 9.96. The third kappa shape index (κ3) is 15.2. The van der Waals surface area contributed by atoms with Gasteiger partial charge in [-0.05, 0) is 18.6 Å². The van der Waals surface area contributed by atoms with Crippen molar-refractivity contribution < 1.29 is 90.8 Å². The number of hydrogen-bond acceptors (Lipinski definition) is 20. The fourth-order valence-corrected chi connectivity index (χ4v) is 6.37. The summed E-state index contributed by atoms with van der Waals surface area (Å²) in [5, 5.41) is 8.95. The second-order valence-corrected chi connectivity index (χ2v) is 12.8. The smallest absolute Gasteiger partial charge is 0.303 e. The number of thioether (sulfide) groups is 1. The Kier molecular flexibility index (Phi) is 19.3. The fraction of sp³-hybridized carbons (Fsp3) is 0.781. The van der Waals surface area contributed by atoms with Crippen LogP contribution < -0.4 is 0 Å². The van der Waals surface area contributed by atoms with E-state index in [-0.39, 0.29) is 6.61 Å². The molecule has 0 amide bonds. The Morgan fingerprint density at radius 1 is 0.538 bits per heavy atom. The summed E-state index contributed by atoms with van der Waals surface area (Å²) in [6, 6.07) is 0. The van der Waals surface area contributed by atoms with Gasteiger partial charge in [-0.1, -0.05) is 0 Å². The Hall–Kier alpha value is -3.56. The molecular weight excluding hydrogens is 720 g/mol. The van der Waals surface area contributed by atoms with Crippen molar-refractivity contribution in [2.75, 3.05) is 38.8 Å². The molecule has 0 spiro atoms. The number of ether oxygens (including phenoxy) is 11. The summed E-state index contributed by atoms with van der Waals surface area (Å²) in [6.45, 7) is 7.28. The highest BCUT2D eigenvalue weighted by Crippen LogP contribution is 2.38. The zero-order valence-electron chi connectivity index (χ0n) is 30.1. The monoisotopic (exact) mass is 768 g/mol. The van der Waals surface area contributed by atoms with E-state index in [4.69, 9.17) is 57.2 Å². The molecule has 19 nitrogen and oxygen atoms in total. The molecule has 2 aliphatic heterocycles. The molecule has 0 radical (unpaired) electrons. The number of rotatable bonds is 19. The van der Waals surface area contributed by atoms with Crippen LogP contribution in [0.1, 0.15) is 61.3 Å². The van der Waals surface area contributed by atoms with Crippen LogP contribution in [0.2, 0.25) is 0 Å². The molecular formula is C32H48O19S. The largest absolute Gasteiger partial charge is 0.463 e. The third-order valence-electron chi connectivity index (χ3n) is 7.05. The first-order valence-electron chi connectivity index (χ1n) is 16.4. The van der Waals surface area contributed by atoms with E-state index in [0.717, 1.165) is 48.5 Å². The first kappa shape index (κ1) is 44.6. The average molecular weight is 769 g/mol. The summed E-state index contributed by atoms with van der Waals surface area (Å²) in [6.07, 6.45) is -12.5. The summed E-state index contributed by atoms with van der Waals surface area (Å²) in [5.74, 6) is -5.27. The van der Waals surface area contributed by atoms with Crippen LogP contribution >= 0.6 is 11.8 Å². The van der Waals surface area contributed by atoms with Crippen LogP contribution in [-0.2, 0) is 85.7 Å². The summed E-state index contributed by atoms with van der Waals surface area (Å²) in [4.78, 5) is 85.5. The molecule has 2 fully saturated rings. The Morgan fingerprint density at radius 3 is 1.48 bits per heavy atom. The van der Waals surface area contributed by atoms with E-state index in [9.17, 15) is 33.6 Å². The molecule has 0 aliphatic carbocycles. The quantitative estimate of drug-likeness (QED) is 0.104. The second kappa shape index (κ2) is 22.5. The minimum atomic E-state index is -1.76. The van der Waals surface area contributed by atoms with E-state index in [1.54, 1.807) is 0 Å². The van der Waals surface area contributed by atoms with Gasteiger partial charge in [0.15, 0.2) is 36.8 Å². The van der Waals surface area contributed by atoms with Gasteiger partial charge in [-0.3, -0.25) is 33.6 Å². The predicted molar refractivity (Wildman–Crippen MR) is 173 cm³/mol. The molecule has 2 saturated heterocycles. The summed E-state index contributed by atoms with van der Waals surface area (Å²) in [5.41, 5.74) is -1.01. The standard InChI is InChI=1S/C32H48O19S/c1-16(34)42-14-23-25(44-18(3)36)27(45-19(4)37)29(47-21(6)39)31(49-23)51-26-24(15-43-17(2)35)50-32(52-13-9-12-41-11-8-10-33)30(48-22(7)40)28(26)46-20(5)38/h23-33H,8-15H2,1-7H3/t23-,24-,25+,26-,27+,28+,29-,30-,31+,32+/m1/s1. The van der Waals surface area contributed by atoms with Gasteiger partial charge < -0.3 is 57.2 Å². The first-order valence-corrected chi connectivity index (χ1v) is 17.5. The Morgan fingerprint density at radius 2 is 0.981 bits per heavy atom. The molecule has 2 rings (SSSR count). The normalized spacial score (nSPS) is 28.5. The van der Waals surface area contributed by atoms with E-state index in [2.05, 4.69) is 0 Å². The van der Waals surface area contributed by atoms with Crippen molar-refractivity contribution in [1.29, 1.82) is 0 Å². The topological polar surface area (TPSA) is 241 Å². The SMILES string of the molecule is CC(=O)OC[C@H]1O[C@@H](O[C@H]2[C@H](OC(C)=O)[C@@H](OC(C)=O)[C@H](SCCCOCCCO)O[C@@H]2COC(C)=O)[C@H](OC(C)=O)[C@@H](OC(C)=O)[C@H]1OC(C)=O. The molecule has 0 saturated carbocycles. The van der Waals surface area contributed by atoms with Gasteiger partial charge >= 0.3 is 41.8 Å². The molecule has 1 N–H and O–H groups in total. The minimum Gasteiger partial charge on any atom is -0.463 e. The van der Waals surface area contributed by atoms with Gasteiger partial charge in [0, 0.05) is 68.3 Å². The predicted octanol–water partition coefficient (Wildman–Crippen LogP) is 0.128. The molecule has 10 atom stereocenters. The van der Waals surface area contributed by atoms with Crippen molar-refractivity contribution in [3.05, 3.63) is 0 Å². The van der Waals surface area contributed by atoms with Crippen LogP contribution in [0.25, 0.3) is 0 Å². The van der Waals surface area contributed by atoms with Gasteiger partial charge in [0.1, 0.15) is 37.0 Å². The summed E-state index contributed by atoms with van der Waals surface area (Å²) in [7, 11) is 0. The van der Waals surface area contributed by atoms with Gasteiger partial charge in [0.05, 0.1) is 0 Å².